The highest BCUT2D eigenvalue weighted by molar-refractivity contribution is 6.33. The third-order valence-electron chi connectivity index (χ3n) is 7.08. The first-order chi connectivity index (χ1) is 18.9. The van der Waals surface area contributed by atoms with Gasteiger partial charge in [-0.15, -0.1) is 0 Å². The number of benzene rings is 1. The van der Waals surface area contributed by atoms with Crippen LogP contribution in [-0.2, 0) is 12.7 Å². The van der Waals surface area contributed by atoms with Crippen LogP contribution in [0.5, 0.6) is 0 Å². The predicted octanol–water partition coefficient (Wildman–Crippen LogP) is 4.91. The van der Waals surface area contributed by atoms with Crippen molar-refractivity contribution in [3.63, 3.8) is 0 Å². The van der Waals surface area contributed by atoms with Gasteiger partial charge in [0.15, 0.2) is 5.82 Å². The second kappa shape index (κ2) is 10.5. The number of nitrogen functional groups attached to an aromatic ring is 1. The molecule has 3 aromatic heterocycles. The number of nitrogens with zero attached hydrogens (tertiary/aromatic N) is 4. The number of aromatic amines is 1. The van der Waals surface area contributed by atoms with E-state index < -0.39 is 28.7 Å². The summed E-state index contributed by atoms with van der Waals surface area (Å²) in [5.41, 5.74) is 2.86. The van der Waals surface area contributed by atoms with Crippen molar-refractivity contribution in [2.24, 2.45) is 5.92 Å². The Morgan fingerprint density at radius 2 is 2.00 bits per heavy atom. The molecule has 210 valence electrons. The van der Waals surface area contributed by atoms with Crippen molar-refractivity contribution in [2.75, 3.05) is 11.1 Å². The zero-order chi connectivity index (χ0) is 28.8. The largest absolute Gasteiger partial charge is 0.423 e. The minimum Gasteiger partial charge on any atom is -0.382 e. The first-order valence-electron chi connectivity index (χ1n) is 12.5. The first kappa shape index (κ1) is 27.6. The molecule has 4 N–H and O–H groups in total. The van der Waals surface area contributed by atoms with Gasteiger partial charge in [-0.25, -0.2) is 19.5 Å². The van der Waals surface area contributed by atoms with Crippen molar-refractivity contribution in [3.8, 4) is 11.4 Å². The Hall–Kier alpha value is -4.00. The van der Waals surface area contributed by atoms with Crippen LogP contribution in [0.2, 0.25) is 5.02 Å². The smallest absolute Gasteiger partial charge is 0.382 e. The van der Waals surface area contributed by atoms with Crippen LogP contribution >= 0.6 is 11.6 Å². The van der Waals surface area contributed by atoms with Gasteiger partial charge in [-0.2, -0.15) is 18.3 Å². The quantitative estimate of drug-likeness (QED) is 0.287. The zero-order valence-electron chi connectivity index (χ0n) is 21.1. The lowest BCUT2D eigenvalue weighted by atomic mass is 9.85. The molecule has 0 amide bonds. The SMILES string of the molecule is Cc1nc(-c2cc3ccn(C[C@@H]4CCC[C@H](Nc5cn[nH]c(=O)c5C(F)(F)F)C4)c(=O)c3cc2F)nc(N)c1Cl. The minimum absolute atomic E-state index is 0.0179. The number of aryl methyl sites for hydroxylation is 1. The maximum Gasteiger partial charge on any atom is 0.423 e. The highest BCUT2D eigenvalue weighted by Gasteiger charge is 2.38. The standard InChI is InChI=1S/C26H24ClF4N7O2/c1-12-21(27)22(32)36-23(34-12)17-8-14-5-6-38(25(40)16(14)9-18(17)28)11-13-3-2-4-15(7-13)35-19-10-33-37-24(39)20(19)26(29,30)31/h5-6,8-10,13,15H,2-4,7,11H2,1H3,(H2,32,34,36)(H2,35,37,39)/t13-,15+/m1/s1. The highest BCUT2D eigenvalue weighted by atomic mass is 35.5. The lowest BCUT2D eigenvalue weighted by molar-refractivity contribution is -0.138. The van der Waals surface area contributed by atoms with Crippen LogP contribution in [0.1, 0.15) is 36.9 Å². The van der Waals surface area contributed by atoms with E-state index in [-0.39, 0.29) is 45.3 Å². The van der Waals surface area contributed by atoms with Gasteiger partial charge in [0.1, 0.15) is 22.2 Å². The van der Waals surface area contributed by atoms with E-state index in [1.54, 1.807) is 19.2 Å². The van der Waals surface area contributed by atoms with E-state index in [9.17, 15) is 22.8 Å². The summed E-state index contributed by atoms with van der Waals surface area (Å²) in [4.78, 5) is 33.3. The molecule has 2 atom stereocenters. The van der Waals surface area contributed by atoms with Crippen molar-refractivity contribution in [1.29, 1.82) is 0 Å². The molecule has 0 bridgehead atoms. The Bertz CT molecular complexity index is 1700. The lowest BCUT2D eigenvalue weighted by Crippen LogP contribution is -2.33. The molecule has 5 rings (SSSR count). The van der Waals surface area contributed by atoms with Crippen molar-refractivity contribution in [1.82, 2.24) is 24.7 Å². The van der Waals surface area contributed by atoms with Gasteiger partial charge >= 0.3 is 6.18 Å². The van der Waals surface area contributed by atoms with Crippen molar-refractivity contribution >= 4 is 33.9 Å². The number of nitrogens with two attached hydrogens (primary N) is 1. The summed E-state index contributed by atoms with van der Waals surface area (Å²) in [5.74, 6) is -0.669. The van der Waals surface area contributed by atoms with Crippen molar-refractivity contribution < 1.29 is 17.6 Å². The van der Waals surface area contributed by atoms with E-state index in [0.717, 1.165) is 18.7 Å². The molecule has 9 nitrogen and oxygen atoms in total. The summed E-state index contributed by atoms with van der Waals surface area (Å²) in [6, 6.07) is 3.95. The van der Waals surface area contributed by atoms with E-state index in [4.69, 9.17) is 17.3 Å². The van der Waals surface area contributed by atoms with E-state index in [0.29, 0.717) is 36.9 Å². The molecule has 1 saturated carbocycles. The number of halogens is 5. The fourth-order valence-corrected chi connectivity index (χ4v) is 5.28. The van der Waals surface area contributed by atoms with Gasteiger partial charge < -0.3 is 15.6 Å². The Kier molecular flexibility index (Phi) is 7.25. The molecule has 1 aliphatic rings. The Morgan fingerprint density at radius 1 is 1.23 bits per heavy atom. The summed E-state index contributed by atoms with van der Waals surface area (Å²) in [5, 5.41) is 8.98. The van der Waals surface area contributed by atoms with Gasteiger partial charge in [0.2, 0.25) is 0 Å². The summed E-state index contributed by atoms with van der Waals surface area (Å²) >= 11 is 6.02. The van der Waals surface area contributed by atoms with Crippen LogP contribution in [-0.4, -0.2) is 30.8 Å². The number of hydrogen-bond donors (Lipinski definition) is 3. The number of anilines is 2. The van der Waals surface area contributed by atoms with Crippen LogP contribution in [0, 0.1) is 18.7 Å². The van der Waals surface area contributed by atoms with Crippen molar-refractivity contribution in [3.05, 3.63) is 73.4 Å². The number of rotatable bonds is 5. The number of aromatic nitrogens is 5. The first-order valence-corrected chi connectivity index (χ1v) is 12.8. The van der Waals surface area contributed by atoms with E-state index in [1.165, 1.54) is 10.6 Å². The lowest BCUT2D eigenvalue weighted by Gasteiger charge is -2.31. The van der Waals surface area contributed by atoms with Gasteiger partial charge in [0.25, 0.3) is 11.1 Å². The average Bonchev–Trinajstić information content (AvgIpc) is 2.88. The number of fused-ring (bicyclic) bond motifs is 1. The molecule has 14 heteroatoms. The van der Waals surface area contributed by atoms with E-state index in [1.807, 2.05) is 5.10 Å². The summed E-state index contributed by atoms with van der Waals surface area (Å²) in [7, 11) is 0. The molecule has 0 saturated heterocycles. The number of nitrogens with one attached hydrogen (secondary N) is 2. The molecule has 1 aliphatic carbocycles. The fraction of sp³-hybridized carbons (Fsp3) is 0.346. The van der Waals surface area contributed by atoms with Gasteiger partial charge in [-0.05, 0) is 55.7 Å². The molecule has 0 aliphatic heterocycles. The zero-order valence-corrected chi connectivity index (χ0v) is 21.9. The normalized spacial score (nSPS) is 17.8. The van der Waals surface area contributed by atoms with E-state index >= 15 is 4.39 Å². The molecule has 1 aromatic carbocycles. The summed E-state index contributed by atoms with van der Waals surface area (Å²) in [6.07, 6.45) is 0.248. The monoisotopic (exact) mass is 577 g/mol. The van der Waals surface area contributed by atoms with Crippen LogP contribution in [0.3, 0.4) is 0 Å². The third-order valence-corrected chi connectivity index (χ3v) is 7.55. The minimum atomic E-state index is -4.84. The number of alkyl halides is 3. The number of pyridine rings is 1. The Morgan fingerprint density at radius 3 is 2.73 bits per heavy atom. The molecule has 3 heterocycles. The molecule has 40 heavy (non-hydrogen) atoms. The second-order valence-electron chi connectivity index (χ2n) is 9.88. The van der Waals surface area contributed by atoms with Crippen LogP contribution in [0.4, 0.5) is 29.1 Å². The number of hydrogen-bond acceptors (Lipinski definition) is 7. The molecular weight excluding hydrogens is 554 g/mol. The van der Waals surface area contributed by atoms with Gasteiger partial charge in [0.05, 0.1) is 28.5 Å². The van der Waals surface area contributed by atoms with Crippen LogP contribution < -0.4 is 22.2 Å². The van der Waals surface area contributed by atoms with E-state index in [2.05, 4.69) is 20.4 Å². The maximum absolute atomic E-state index is 15.1. The second-order valence-corrected chi connectivity index (χ2v) is 10.3. The van der Waals surface area contributed by atoms with Crippen LogP contribution in [0.15, 0.2) is 40.2 Å². The summed E-state index contributed by atoms with van der Waals surface area (Å²) in [6.45, 7) is 1.92. The number of H-pyrrole nitrogens is 1. The molecule has 0 unspecified atom stereocenters. The maximum atomic E-state index is 15.1. The highest BCUT2D eigenvalue weighted by Crippen LogP contribution is 2.34. The topological polar surface area (TPSA) is 132 Å². The average molecular weight is 578 g/mol. The summed E-state index contributed by atoms with van der Waals surface area (Å²) < 4.78 is 56.9. The van der Waals surface area contributed by atoms with Gasteiger partial charge in [0, 0.05) is 18.8 Å². The fourth-order valence-electron chi connectivity index (χ4n) is 5.20. The van der Waals surface area contributed by atoms with Gasteiger partial charge in [-0.3, -0.25) is 9.59 Å². The third kappa shape index (κ3) is 5.37. The van der Waals surface area contributed by atoms with Crippen LogP contribution in [0.25, 0.3) is 22.2 Å². The predicted molar refractivity (Wildman–Crippen MR) is 143 cm³/mol. The molecule has 4 aromatic rings. The van der Waals surface area contributed by atoms with Crippen molar-refractivity contribution in [2.45, 2.75) is 51.4 Å². The molecule has 0 radical (unpaired) electrons. The Labute approximate surface area is 229 Å². The van der Waals surface area contributed by atoms with Gasteiger partial charge in [-0.1, -0.05) is 18.0 Å². The Balaban J connectivity index is 1.37. The molecule has 0 spiro atoms. The molecular formula is C26H24ClF4N7O2. The molecule has 1 fully saturated rings.